The molecule has 39 heavy (non-hydrogen) atoms. The number of fused-ring (bicyclic) bond motifs is 1. The first-order valence-electron chi connectivity index (χ1n) is 14.5. The van der Waals surface area contributed by atoms with E-state index < -0.39 is 0 Å². The number of likely N-dealkylation sites (N-methyl/N-ethyl adjacent to an activating group) is 1. The number of carbonyl (C=O) groups excluding carboxylic acids is 1. The molecule has 4 aliphatic rings. The number of piperidine rings is 1. The summed E-state index contributed by atoms with van der Waals surface area (Å²) in [6.45, 7) is 10.4. The second kappa shape index (κ2) is 11.0. The standard InChI is InChI=1S/C31H41N7O/c1-22-33-29(37-17-15-35(2)16-18-37)20-30(34-22)38-14-11-24-7-8-28(19-27(24)21-38)36-12-9-25(10-13-36)23-3-5-26(6-4-23)31(32)39/h3-8,19,22,25H,9-18,20-21H2,1-2H3,(H2,32,39). The lowest BCUT2D eigenvalue weighted by Gasteiger charge is -2.39. The van der Waals surface area contributed by atoms with Crippen molar-refractivity contribution in [3.8, 4) is 0 Å². The summed E-state index contributed by atoms with van der Waals surface area (Å²) in [5.74, 6) is 2.58. The Bertz CT molecular complexity index is 1250. The summed E-state index contributed by atoms with van der Waals surface area (Å²) in [5, 5.41) is 0. The first-order chi connectivity index (χ1) is 18.9. The molecule has 8 heteroatoms. The van der Waals surface area contributed by atoms with Gasteiger partial charge in [-0.1, -0.05) is 18.2 Å². The Morgan fingerprint density at radius 3 is 2.21 bits per heavy atom. The van der Waals surface area contributed by atoms with Gasteiger partial charge < -0.3 is 25.3 Å². The minimum Gasteiger partial charge on any atom is -0.371 e. The molecule has 4 aliphatic heterocycles. The van der Waals surface area contributed by atoms with Crippen LogP contribution in [-0.4, -0.2) is 91.3 Å². The van der Waals surface area contributed by atoms with Crippen molar-refractivity contribution in [3.63, 3.8) is 0 Å². The van der Waals surface area contributed by atoms with Crippen LogP contribution in [0.15, 0.2) is 52.4 Å². The van der Waals surface area contributed by atoms with Gasteiger partial charge in [-0.2, -0.15) is 0 Å². The molecule has 6 rings (SSSR count). The van der Waals surface area contributed by atoms with Crippen LogP contribution in [0.5, 0.6) is 0 Å². The molecule has 0 bridgehead atoms. The minimum atomic E-state index is -0.365. The molecule has 0 saturated carbocycles. The van der Waals surface area contributed by atoms with Crippen LogP contribution in [0.2, 0.25) is 0 Å². The highest BCUT2D eigenvalue weighted by atomic mass is 16.1. The van der Waals surface area contributed by atoms with Gasteiger partial charge in [0.2, 0.25) is 5.91 Å². The first-order valence-corrected chi connectivity index (χ1v) is 14.5. The molecule has 1 atom stereocenters. The zero-order chi connectivity index (χ0) is 26.9. The summed E-state index contributed by atoms with van der Waals surface area (Å²) in [6.07, 6.45) is 4.12. The summed E-state index contributed by atoms with van der Waals surface area (Å²) < 4.78 is 0. The van der Waals surface area contributed by atoms with Crippen molar-refractivity contribution in [3.05, 3.63) is 64.7 Å². The number of hydrogen-bond acceptors (Lipinski definition) is 7. The van der Waals surface area contributed by atoms with Crippen LogP contribution in [0, 0.1) is 0 Å². The number of aliphatic imine (C=N–C) groups is 2. The molecule has 2 aromatic rings. The van der Waals surface area contributed by atoms with Crippen LogP contribution < -0.4 is 10.6 Å². The van der Waals surface area contributed by atoms with Crippen molar-refractivity contribution in [2.24, 2.45) is 15.7 Å². The molecule has 2 N–H and O–H groups in total. The van der Waals surface area contributed by atoms with E-state index >= 15 is 0 Å². The quantitative estimate of drug-likeness (QED) is 0.663. The maximum absolute atomic E-state index is 11.4. The molecular weight excluding hydrogens is 486 g/mol. The van der Waals surface area contributed by atoms with E-state index in [1.165, 1.54) is 34.0 Å². The third-order valence-electron chi connectivity index (χ3n) is 8.95. The van der Waals surface area contributed by atoms with Crippen LogP contribution in [0.1, 0.15) is 59.2 Å². The molecule has 2 saturated heterocycles. The summed E-state index contributed by atoms with van der Waals surface area (Å²) >= 11 is 0. The number of nitrogens with zero attached hydrogens (tertiary/aromatic N) is 6. The molecule has 0 radical (unpaired) electrons. The molecule has 206 valence electrons. The van der Waals surface area contributed by atoms with Gasteiger partial charge in [0.1, 0.15) is 17.8 Å². The maximum Gasteiger partial charge on any atom is 0.248 e. The van der Waals surface area contributed by atoms with Gasteiger partial charge >= 0.3 is 0 Å². The molecule has 2 fully saturated rings. The van der Waals surface area contributed by atoms with Crippen LogP contribution in [0.4, 0.5) is 5.69 Å². The van der Waals surface area contributed by atoms with Gasteiger partial charge in [-0.3, -0.25) is 4.79 Å². The number of primary amides is 1. The number of nitrogens with two attached hydrogens (primary N) is 1. The molecule has 4 heterocycles. The van der Waals surface area contributed by atoms with E-state index in [9.17, 15) is 4.79 Å². The molecule has 0 spiro atoms. The summed E-state index contributed by atoms with van der Waals surface area (Å²) in [5.41, 5.74) is 11.5. The Balaban J connectivity index is 1.09. The molecule has 8 nitrogen and oxygen atoms in total. The van der Waals surface area contributed by atoms with E-state index in [-0.39, 0.29) is 12.1 Å². The Morgan fingerprint density at radius 1 is 0.821 bits per heavy atom. The lowest BCUT2D eigenvalue weighted by molar-refractivity contribution is 0.1000. The summed E-state index contributed by atoms with van der Waals surface area (Å²) in [7, 11) is 2.20. The van der Waals surface area contributed by atoms with Crippen molar-refractivity contribution < 1.29 is 4.79 Å². The second-order valence-electron chi connectivity index (χ2n) is 11.6. The topological polar surface area (TPSA) is 80.8 Å². The van der Waals surface area contributed by atoms with E-state index in [0.717, 1.165) is 78.0 Å². The van der Waals surface area contributed by atoms with E-state index in [1.807, 2.05) is 12.1 Å². The zero-order valence-electron chi connectivity index (χ0n) is 23.4. The fourth-order valence-electron chi connectivity index (χ4n) is 6.50. The summed E-state index contributed by atoms with van der Waals surface area (Å²) in [6, 6.07) is 14.9. The number of hydrogen-bond donors (Lipinski definition) is 1. The highest BCUT2D eigenvalue weighted by Crippen LogP contribution is 2.33. The fraction of sp³-hybridized carbons (Fsp3) is 0.516. The highest BCUT2D eigenvalue weighted by Gasteiger charge is 2.28. The van der Waals surface area contributed by atoms with Crippen molar-refractivity contribution in [2.75, 3.05) is 57.8 Å². The lowest BCUT2D eigenvalue weighted by atomic mass is 9.88. The van der Waals surface area contributed by atoms with Crippen molar-refractivity contribution in [1.82, 2.24) is 14.7 Å². The number of carbonyl (C=O) groups is 1. The number of anilines is 1. The van der Waals surface area contributed by atoms with Crippen LogP contribution >= 0.6 is 0 Å². The Hall–Kier alpha value is -3.39. The average Bonchev–Trinajstić information content (AvgIpc) is 2.97. The number of rotatable bonds is 3. The third-order valence-corrected chi connectivity index (χ3v) is 8.95. The van der Waals surface area contributed by atoms with Crippen LogP contribution in [-0.2, 0) is 13.0 Å². The smallest absolute Gasteiger partial charge is 0.248 e. The number of piperazine rings is 1. The fourth-order valence-corrected chi connectivity index (χ4v) is 6.50. The maximum atomic E-state index is 11.4. The molecule has 1 amide bonds. The Kier molecular flexibility index (Phi) is 7.30. The summed E-state index contributed by atoms with van der Waals surface area (Å²) in [4.78, 5) is 31.2. The average molecular weight is 528 g/mol. The van der Waals surface area contributed by atoms with Gasteiger partial charge in [-0.05, 0) is 80.1 Å². The third kappa shape index (κ3) is 5.66. The van der Waals surface area contributed by atoms with Gasteiger partial charge in [-0.25, -0.2) is 9.98 Å². The Morgan fingerprint density at radius 2 is 1.51 bits per heavy atom. The van der Waals surface area contributed by atoms with Crippen LogP contribution in [0.3, 0.4) is 0 Å². The Labute approximate surface area is 232 Å². The molecule has 0 aliphatic carbocycles. The van der Waals surface area contributed by atoms with Crippen molar-refractivity contribution in [2.45, 2.75) is 51.2 Å². The van der Waals surface area contributed by atoms with Gasteiger partial charge in [0, 0.05) is 63.6 Å². The molecule has 2 aromatic carbocycles. The molecule has 0 aromatic heterocycles. The van der Waals surface area contributed by atoms with Gasteiger partial charge in [-0.15, -0.1) is 0 Å². The normalized spacial score (nSPS) is 22.8. The predicted molar refractivity (Wildman–Crippen MR) is 158 cm³/mol. The van der Waals surface area contributed by atoms with Gasteiger partial charge in [0.05, 0.1) is 6.42 Å². The van der Waals surface area contributed by atoms with Crippen molar-refractivity contribution in [1.29, 1.82) is 0 Å². The molecule has 1 unspecified atom stereocenters. The van der Waals surface area contributed by atoms with E-state index in [2.05, 4.69) is 63.9 Å². The van der Waals surface area contributed by atoms with Crippen LogP contribution in [0.25, 0.3) is 0 Å². The lowest BCUT2D eigenvalue weighted by Crippen LogP contribution is -2.50. The number of benzene rings is 2. The number of amides is 1. The van der Waals surface area contributed by atoms with Gasteiger partial charge in [0.25, 0.3) is 0 Å². The molecular formula is C31H41N7O. The second-order valence-corrected chi connectivity index (χ2v) is 11.6. The predicted octanol–water partition coefficient (Wildman–Crippen LogP) is 3.32. The van der Waals surface area contributed by atoms with E-state index in [0.29, 0.717) is 11.5 Å². The highest BCUT2D eigenvalue weighted by molar-refractivity contribution is 6.04. The minimum absolute atomic E-state index is 0.00979. The number of amidine groups is 2. The van der Waals surface area contributed by atoms with E-state index in [1.54, 1.807) is 0 Å². The zero-order valence-corrected chi connectivity index (χ0v) is 23.4. The van der Waals surface area contributed by atoms with Crippen molar-refractivity contribution >= 4 is 23.3 Å². The largest absolute Gasteiger partial charge is 0.371 e. The first kappa shape index (κ1) is 25.9. The monoisotopic (exact) mass is 527 g/mol. The SMILES string of the molecule is CC1N=C(N2CCN(C)CC2)CC(N2CCc3ccc(N4CCC(c5ccc(C(N)=O)cc5)CC4)cc3C2)=N1. The van der Waals surface area contributed by atoms with E-state index in [4.69, 9.17) is 15.7 Å². The van der Waals surface area contributed by atoms with Gasteiger partial charge in [0.15, 0.2) is 0 Å².